The number of nitrogens with two attached hydrogens (primary N) is 1. The molecule has 0 aromatic heterocycles. The maximum Gasteiger partial charge on any atom is 0.249 e. The van der Waals surface area contributed by atoms with Crippen molar-refractivity contribution in [3.05, 3.63) is 29.3 Å². The lowest BCUT2D eigenvalue weighted by Crippen LogP contribution is -2.42. The molecule has 1 heterocycles. The standard InChI is InChI=1S/C13H16ClN3O2/c14-9-3-1-2-4-11(9)17-8-6-10(13(17)19)16-12(18)5-7-15/h1-4,10H,5-8,15H2,(H,16,18). The molecule has 1 aliphatic heterocycles. The lowest BCUT2D eigenvalue weighted by atomic mass is 10.2. The third-order valence-corrected chi connectivity index (χ3v) is 3.37. The van der Waals surface area contributed by atoms with Gasteiger partial charge < -0.3 is 16.0 Å². The fraction of sp³-hybridized carbons (Fsp3) is 0.385. The first-order valence-electron chi connectivity index (χ1n) is 6.19. The summed E-state index contributed by atoms with van der Waals surface area (Å²) in [4.78, 5) is 25.3. The van der Waals surface area contributed by atoms with Gasteiger partial charge in [0.1, 0.15) is 6.04 Å². The van der Waals surface area contributed by atoms with Crippen molar-refractivity contribution in [2.75, 3.05) is 18.0 Å². The molecule has 0 aliphatic carbocycles. The summed E-state index contributed by atoms with van der Waals surface area (Å²) in [5.41, 5.74) is 5.99. The van der Waals surface area contributed by atoms with Crippen LogP contribution in [0.4, 0.5) is 5.69 Å². The summed E-state index contributed by atoms with van der Waals surface area (Å²) in [6.07, 6.45) is 0.816. The average Bonchev–Trinajstić information content (AvgIpc) is 2.72. The Hall–Kier alpha value is -1.59. The van der Waals surface area contributed by atoms with Gasteiger partial charge in [-0.05, 0) is 18.6 Å². The number of para-hydroxylation sites is 1. The van der Waals surface area contributed by atoms with Gasteiger partial charge in [0.2, 0.25) is 11.8 Å². The predicted molar refractivity (Wildman–Crippen MR) is 74.0 cm³/mol. The molecule has 0 radical (unpaired) electrons. The number of anilines is 1. The van der Waals surface area contributed by atoms with Crippen molar-refractivity contribution in [1.29, 1.82) is 0 Å². The number of carbonyl (C=O) groups is 2. The second-order valence-corrected chi connectivity index (χ2v) is 4.80. The molecule has 2 amide bonds. The van der Waals surface area contributed by atoms with Crippen LogP contribution in [0.1, 0.15) is 12.8 Å². The van der Waals surface area contributed by atoms with Gasteiger partial charge in [-0.15, -0.1) is 0 Å². The molecule has 1 atom stereocenters. The van der Waals surface area contributed by atoms with Gasteiger partial charge >= 0.3 is 0 Å². The van der Waals surface area contributed by atoms with Gasteiger partial charge in [0.05, 0.1) is 10.7 Å². The highest BCUT2D eigenvalue weighted by atomic mass is 35.5. The number of benzene rings is 1. The quantitative estimate of drug-likeness (QED) is 0.861. The maximum absolute atomic E-state index is 12.2. The van der Waals surface area contributed by atoms with E-state index in [4.69, 9.17) is 17.3 Å². The SMILES string of the molecule is NCCC(=O)NC1CCN(c2ccccc2Cl)C1=O. The molecule has 102 valence electrons. The van der Waals surface area contributed by atoms with E-state index in [1.54, 1.807) is 17.0 Å². The Balaban J connectivity index is 2.06. The van der Waals surface area contributed by atoms with Crippen molar-refractivity contribution in [2.24, 2.45) is 5.73 Å². The monoisotopic (exact) mass is 281 g/mol. The summed E-state index contributed by atoms with van der Waals surface area (Å²) >= 11 is 6.08. The number of hydrogen-bond acceptors (Lipinski definition) is 3. The third-order valence-electron chi connectivity index (χ3n) is 3.06. The Labute approximate surface area is 116 Å². The van der Waals surface area contributed by atoms with E-state index in [1.807, 2.05) is 12.1 Å². The van der Waals surface area contributed by atoms with E-state index in [-0.39, 0.29) is 24.8 Å². The smallest absolute Gasteiger partial charge is 0.249 e. The Morgan fingerprint density at radius 3 is 2.89 bits per heavy atom. The normalized spacial score (nSPS) is 18.7. The van der Waals surface area contributed by atoms with Crippen LogP contribution in [-0.4, -0.2) is 30.9 Å². The molecule has 0 spiro atoms. The van der Waals surface area contributed by atoms with E-state index in [9.17, 15) is 9.59 Å². The Bertz CT molecular complexity index is 493. The van der Waals surface area contributed by atoms with Crippen LogP contribution in [0, 0.1) is 0 Å². The molecule has 1 aromatic rings. The molecular formula is C13H16ClN3O2. The van der Waals surface area contributed by atoms with Crippen LogP contribution in [0.2, 0.25) is 5.02 Å². The topological polar surface area (TPSA) is 75.4 Å². The summed E-state index contributed by atoms with van der Waals surface area (Å²) < 4.78 is 0. The van der Waals surface area contributed by atoms with Crippen LogP contribution in [0.5, 0.6) is 0 Å². The van der Waals surface area contributed by atoms with Gasteiger partial charge in [-0.3, -0.25) is 9.59 Å². The number of nitrogens with zero attached hydrogens (tertiary/aromatic N) is 1. The van der Waals surface area contributed by atoms with Crippen molar-refractivity contribution in [3.63, 3.8) is 0 Å². The fourth-order valence-electron chi connectivity index (χ4n) is 2.12. The van der Waals surface area contributed by atoms with Crippen LogP contribution in [0.15, 0.2) is 24.3 Å². The van der Waals surface area contributed by atoms with E-state index >= 15 is 0 Å². The van der Waals surface area contributed by atoms with E-state index in [1.165, 1.54) is 0 Å². The van der Waals surface area contributed by atoms with E-state index in [0.717, 1.165) is 0 Å². The summed E-state index contributed by atoms with van der Waals surface area (Å²) in [6.45, 7) is 0.830. The number of amides is 2. The first kappa shape index (κ1) is 13.8. The molecule has 1 saturated heterocycles. The van der Waals surface area contributed by atoms with Crippen molar-refractivity contribution in [3.8, 4) is 0 Å². The maximum atomic E-state index is 12.2. The second-order valence-electron chi connectivity index (χ2n) is 4.39. The summed E-state index contributed by atoms with van der Waals surface area (Å²) in [5, 5.41) is 3.23. The first-order valence-corrected chi connectivity index (χ1v) is 6.56. The zero-order valence-corrected chi connectivity index (χ0v) is 11.2. The molecule has 0 saturated carbocycles. The number of halogens is 1. The van der Waals surface area contributed by atoms with Gasteiger partial charge in [-0.25, -0.2) is 0 Å². The zero-order valence-electron chi connectivity index (χ0n) is 10.4. The van der Waals surface area contributed by atoms with E-state index in [0.29, 0.717) is 23.7 Å². The van der Waals surface area contributed by atoms with Crippen LogP contribution in [-0.2, 0) is 9.59 Å². The minimum Gasteiger partial charge on any atom is -0.344 e. The highest BCUT2D eigenvalue weighted by Gasteiger charge is 2.34. The van der Waals surface area contributed by atoms with Gasteiger partial charge in [0.15, 0.2) is 0 Å². The first-order chi connectivity index (χ1) is 9.13. The third kappa shape index (κ3) is 3.05. The van der Waals surface area contributed by atoms with E-state index in [2.05, 4.69) is 5.32 Å². The minimum atomic E-state index is -0.477. The van der Waals surface area contributed by atoms with Crippen LogP contribution < -0.4 is 16.0 Å². The molecular weight excluding hydrogens is 266 g/mol. The molecule has 1 unspecified atom stereocenters. The minimum absolute atomic E-state index is 0.126. The molecule has 0 bridgehead atoms. The van der Waals surface area contributed by atoms with Crippen molar-refractivity contribution >= 4 is 29.1 Å². The molecule has 1 aliphatic rings. The molecule has 1 fully saturated rings. The van der Waals surface area contributed by atoms with Crippen LogP contribution >= 0.6 is 11.6 Å². The molecule has 3 N–H and O–H groups in total. The van der Waals surface area contributed by atoms with Gasteiger partial charge in [0, 0.05) is 19.5 Å². The van der Waals surface area contributed by atoms with E-state index < -0.39 is 6.04 Å². The van der Waals surface area contributed by atoms with Crippen molar-refractivity contribution in [1.82, 2.24) is 5.32 Å². The molecule has 6 heteroatoms. The highest BCUT2D eigenvalue weighted by molar-refractivity contribution is 6.34. The summed E-state index contributed by atoms with van der Waals surface area (Å²) in [7, 11) is 0. The lowest BCUT2D eigenvalue weighted by molar-refractivity contribution is -0.126. The summed E-state index contributed by atoms with van der Waals surface area (Å²) in [6, 6.07) is 6.70. The number of rotatable bonds is 4. The van der Waals surface area contributed by atoms with Crippen molar-refractivity contribution in [2.45, 2.75) is 18.9 Å². The zero-order chi connectivity index (χ0) is 13.8. The van der Waals surface area contributed by atoms with Gasteiger partial charge in [-0.1, -0.05) is 23.7 Å². The largest absolute Gasteiger partial charge is 0.344 e. The molecule has 19 heavy (non-hydrogen) atoms. The Morgan fingerprint density at radius 1 is 1.47 bits per heavy atom. The highest BCUT2D eigenvalue weighted by Crippen LogP contribution is 2.28. The lowest BCUT2D eigenvalue weighted by Gasteiger charge is -2.18. The fourth-order valence-corrected chi connectivity index (χ4v) is 2.36. The number of hydrogen-bond donors (Lipinski definition) is 2. The van der Waals surface area contributed by atoms with Crippen LogP contribution in [0.3, 0.4) is 0 Å². The number of carbonyl (C=O) groups excluding carboxylic acids is 2. The Morgan fingerprint density at radius 2 is 2.21 bits per heavy atom. The predicted octanol–water partition coefficient (Wildman–Crippen LogP) is 0.910. The molecule has 1 aromatic carbocycles. The summed E-state index contributed by atoms with van der Waals surface area (Å²) in [5.74, 6) is -0.319. The van der Waals surface area contributed by atoms with Gasteiger partial charge in [-0.2, -0.15) is 0 Å². The Kier molecular flexibility index (Phi) is 4.39. The average molecular weight is 282 g/mol. The van der Waals surface area contributed by atoms with Crippen LogP contribution in [0.25, 0.3) is 0 Å². The molecule has 2 rings (SSSR count). The number of nitrogens with one attached hydrogen (secondary N) is 1. The van der Waals surface area contributed by atoms with Crippen molar-refractivity contribution < 1.29 is 9.59 Å². The van der Waals surface area contributed by atoms with Gasteiger partial charge in [0.25, 0.3) is 0 Å². The second kappa shape index (κ2) is 6.04. The molecule has 5 nitrogen and oxygen atoms in total.